The lowest BCUT2D eigenvalue weighted by Gasteiger charge is -2.21. The van der Waals surface area contributed by atoms with Crippen LogP contribution < -0.4 is 5.73 Å². The fraction of sp³-hybridized carbons (Fsp3) is 0.467. The zero-order valence-electron chi connectivity index (χ0n) is 11.4. The van der Waals surface area contributed by atoms with Crippen LogP contribution >= 0.6 is 0 Å². The van der Waals surface area contributed by atoms with Gasteiger partial charge in [0.05, 0.1) is 0 Å². The Labute approximate surface area is 118 Å². The van der Waals surface area contributed by atoms with Crippen molar-refractivity contribution in [3.05, 3.63) is 35.9 Å². The van der Waals surface area contributed by atoms with E-state index in [-0.39, 0.29) is 18.2 Å². The maximum absolute atomic E-state index is 12.3. The zero-order valence-corrected chi connectivity index (χ0v) is 11.4. The molecule has 2 atom stereocenters. The maximum Gasteiger partial charge on any atom is 0.303 e. The number of likely N-dealkylation sites (tertiary alicyclic amines) is 1. The standard InChI is InChI=1S/C15H20N2O3/c16-14(12-4-2-1-3-5-12)15(20)17-9-8-11(10-17)6-7-13(18)19/h1-5,11,14H,6-10,16H2,(H,18,19). The largest absolute Gasteiger partial charge is 0.481 e. The normalized spacial score (nSPS) is 19.9. The molecule has 5 heteroatoms. The van der Waals surface area contributed by atoms with E-state index in [2.05, 4.69) is 0 Å². The number of carbonyl (C=O) groups excluding carboxylic acids is 1. The number of amides is 1. The van der Waals surface area contributed by atoms with Crippen molar-refractivity contribution in [2.24, 2.45) is 11.7 Å². The van der Waals surface area contributed by atoms with Crippen LogP contribution in [0, 0.1) is 5.92 Å². The lowest BCUT2D eigenvalue weighted by molar-refractivity contribution is -0.137. The summed E-state index contributed by atoms with van der Waals surface area (Å²) in [5.74, 6) is -0.581. The van der Waals surface area contributed by atoms with E-state index in [1.807, 2.05) is 30.3 Å². The predicted octanol–water partition coefficient (Wildman–Crippen LogP) is 1.40. The molecule has 2 rings (SSSR count). The van der Waals surface area contributed by atoms with Crippen LogP contribution in [0.5, 0.6) is 0 Å². The van der Waals surface area contributed by atoms with Gasteiger partial charge in [0.2, 0.25) is 5.91 Å². The summed E-state index contributed by atoms with van der Waals surface area (Å²) in [7, 11) is 0. The third-order valence-corrected chi connectivity index (χ3v) is 3.79. The van der Waals surface area contributed by atoms with E-state index in [9.17, 15) is 9.59 Å². The smallest absolute Gasteiger partial charge is 0.303 e. The molecule has 1 aromatic carbocycles. The van der Waals surface area contributed by atoms with E-state index in [0.717, 1.165) is 12.0 Å². The molecular formula is C15H20N2O3. The van der Waals surface area contributed by atoms with Crippen LogP contribution in [0.2, 0.25) is 0 Å². The van der Waals surface area contributed by atoms with Crippen molar-refractivity contribution in [3.63, 3.8) is 0 Å². The summed E-state index contributed by atoms with van der Waals surface area (Å²) >= 11 is 0. The number of rotatable bonds is 5. The Morgan fingerprint density at radius 2 is 2.05 bits per heavy atom. The van der Waals surface area contributed by atoms with Crippen molar-refractivity contribution >= 4 is 11.9 Å². The minimum atomic E-state index is -0.782. The molecule has 0 spiro atoms. The van der Waals surface area contributed by atoms with Gasteiger partial charge in [0.1, 0.15) is 6.04 Å². The number of nitrogens with two attached hydrogens (primary N) is 1. The highest BCUT2D eigenvalue weighted by Crippen LogP contribution is 2.23. The van der Waals surface area contributed by atoms with Gasteiger partial charge in [-0.25, -0.2) is 0 Å². The SMILES string of the molecule is NC(C(=O)N1CCC(CCC(=O)O)C1)c1ccccc1. The second-order valence-electron chi connectivity index (χ2n) is 5.26. The third-order valence-electron chi connectivity index (χ3n) is 3.79. The lowest BCUT2D eigenvalue weighted by atomic mass is 10.0. The summed E-state index contributed by atoms with van der Waals surface area (Å²) in [6, 6.07) is 8.68. The van der Waals surface area contributed by atoms with Crippen molar-refractivity contribution < 1.29 is 14.7 Å². The molecule has 1 aliphatic heterocycles. The van der Waals surface area contributed by atoms with Gasteiger partial charge in [0.15, 0.2) is 0 Å². The average molecular weight is 276 g/mol. The van der Waals surface area contributed by atoms with Crippen LogP contribution in [0.3, 0.4) is 0 Å². The number of carboxylic acid groups (broad SMARTS) is 1. The van der Waals surface area contributed by atoms with E-state index in [1.54, 1.807) is 4.90 Å². The molecule has 0 bridgehead atoms. The second-order valence-corrected chi connectivity index (χ2v) is 5.26. The van der Waals surface area contributed by atoms with Crippen molar-refractivity contribution in [2.75, 3.05) is 13.1 Å². The molecule has 1 saturated heterocycles. The van der Waals surface area contributed by atoms with Gasteiger partial charge in [0.25, 0.3) is 0 Å². The summed E-state index contributed by atoms with van der Waals surface area (Å²) in [5.41, 5.74) is 6.81. The van der Waals surface area contributed by atoms with Crippen molar-refractivity contribution in [1.29, 1.82) is 0 Å². The molecule has 0 saturated carbocycles. The Morgan fingerprint density at radius 3 is 2.70 bits per heavy atom. The van der Waals surface area contributed by atoms with Crippen LogP contribution in [0.15, 0.2) is 30.3 Å². The molecule has 0 aromatic heterocycles. The van der Waals surface area contributed by atoms with Gasteiger partial charge in [0, 0.05) is 19.5 Å². The topological polar surface area (TPSA) is 83.6 Å². The minimum absolute atomic E-state index is 0.0750. The molecule has 2 unspecified atom stereocenters. The molecule has 5 nitrogen and oxygen atoms in total. The van der Waals surface area contributed by atoms with E-state index in [4.69, 9.17) is 10.8 Å². The second kappa shape index (κ2) is 6.52. The molecule has 20 heavy (non-hydrogen) atoms. The number of hydrogen-bond acceptors (Lipinski definition) is 3. The van der Waals surface area contributed by atoms with E-state index < -0.39 is 12.0 Å². The van der Waals surface area contributed by atoms with Crippen molar-refractivity contribution in [1.82, 2.24) is 4.90 Å². The highest BCUT2D eigenvalue weighted by molar-refractivity contribution is 5.83. The van der Waals surface area contributed by atoms with Gasteiger partial charge in [-0.3, -0.25) is 9.59 Å². The summed E-state index contributed by atoms with van der Waals surface area (Å²) in [6.07, 6.45) is 1.65. The van der Waals surface area contributed by atoms with Crippen LogP contribution in [0.1, 0.15) is 30.9 Å². The van der Waals surface area contributed by atoms with Gasteiger partial charge in [-0.2, -0.15) is 0 Å². The number of aliphatic carboxylic acids is 1. The monoisotopic (exact) mass is 276 g/mol. The van der Waals surface area contributed by atoms with Crippen LogP contribution in [-0.4, -0.2) is 35.0 Å². The van der Waals surface area contributed by atoms with E-state index >= 15 is 0 Å². The van der Waals surface area contributed by atoms with E-state index in [1.165, 1.54) is 0 Å². The zero-order chi connectivity index (χ0) is 14.5. The molecule has 108 valence electrons. The van der Waals surface area contributed by atoms with Gasteiger partial charge < -0.3 is 15.7 Å². The Kier molecular flexibility index (Phi) is 4.74. The first-order valence-corrected chi connectivity index (χ1v) is 6.89. The van der Waals surface area contributed by atoms with Gasteiger partial charge in [-0.15, -0.1) is 0 Å². The average Bonchev–Trinajstić information content (AvgIpc) is 2.93. The fourth-order valence-corrected chi connectivity index (χ4v) is 2.60. The van der Waals surface area contributed by atoms with Gasteiger partial charge >= 0.3 is 5.97 Å². The van der Waals surface area contributed by atoms with Gasteiger partial charge in [-0.05, 0) is 24.3 Å². The van der Waals surface area contributed by atoms with Crippen molar-refractivity contribution in [2.45, 2.75) is 25.3 Å². The number of benzene rings is 1. The Hall–Kier alpha value is -1.88. The summed E-state index contributed by atoms with van der Waals surface area (Å²) < 4.78 is 0. The fourth-order valence-electron chi connectivity index (χ4n) is 2.60. The number of hydrogen-bond donors (Lipinski definition) is 2. The molecule has 0 aliphatic carbocycles. The highest BCUT2D eigenvalue weighted by Gasteiger charge is 2.29. The first-order valence-electron chi connectivity index (χ1n) is 6.89. The summed E-state index contributed by atoms with van der Waals surface area (Å²) in [5, 5.41) is 8.69. The first kappa shape index (κ1) is 14.5. The Bertz CT molecular complexity index is 475. The molecule has 1 fully saturated rings. The quantitative estimate of drug-likeness (QED) is 0.851. The summed E-state index contributed by atoms with van der Waals surface area (Å²) in [6.45, 7) is 1.29. The Balaban J connectivity index is 1.89. The van der Waals surface area contributed by atoms with Crippen molar-refractivity contribution in [3.8, 4) is 0 Å². The molecule has 3 N–H and O–H groups in total. The molecule has 1 amide bonds. The molecule has 0 radical (unpaired) electrons. The molecule has 1 heterocycles. The lowest BCUT2D eigenvalue weighted by Crippen LogP contribution is -2.37. The minimum Gasteiger partial charge on any atom is -0.481 e. The number of carboxylic acids is 1. The third kappa shape index (κ3) is 3.57. The number of carbonyl (C=O) groups is 2. The van der Waals surface area contributed by atoms with Gasteiger partial charge in [-0.1, -0.05) is 30.3 Å². The van der Waals surface area contributed by atoms with Crippen LogP contribution in [0.25, 0.3) is 0 Å². The highest BCUT2D eigenvalue weighted by atomic mass is 16.4. The molecule has 1 aliphatic rings. The molecular weight excluding hydrogens is 256 g/mol. The van der Waals surface area contributed by atoms with Crippen LogP contribution in [0.4, 0.5) is 0 Å². The first-order chi connectivity index (χ1) is 9.58. The predicted molar refractivity (Wildman–Crippen MR) is 74.9 cm³/mol. The number of nitrogens with zero attached hydrogens (tertiary/aromatic N) is 1. The maximum atomic E-state index is 12.3. The van der Waals surface area contributed by atoms with Crippen LogP contribution in [-0.2, 0) is 9.59 Å². The Morgan fingerprint density at radius 1 is 1.35 bits per heavy atom. The summed E-state index contributed by atoms with van der Waals surface area (Å²) in [4.78, 5) is 24.6. The molecule has 1 aromatic rings. The van der Waals surface area contributed by atoms with E-state index in [0.29, 0.717) is 19.5 Å².